The standard InChI is InChI=1S/C17H19NO3S3/c1-13-4-5-14(24-13)6-7-17(20)21-11-16(19)18-8-10-22-12-15-3-2-9-23-15/h2-7,9H,8,10-12H2,1H3,(H,18,19)/b7-6+. The summed E-state index contributed by atoms with van der Waals surface area (Å²) >= 11 is 5.09. The lowest BCUT2D eigenvalue weighted by atomic mass is 10.4. The van der Waals surface area contributed by atoms with Crippen LogP contribution in [0, 0.1) is 6.92 Å². The monoisotopic (exact) mass is 381 g/mol. The molecule has 0 saturated heterocycles. The zero-order chi connectivity index (χ0) is 17.2. The molecule has 128 valence electrons. The molecule has 1 N–H and O–H groups in total. The number of thioether (sulfide) groups is 1. The van der Waals surface area contributed by atoms with Gasteiger partial charge in [0.05, 0.1) is 0 Å². The van der Waals surface area contributed by atoms with Gasteiger partial charge < -0.3 is 10.1 Å². The Kier molecular flexibility index (Phi) is 8.07. The number of rotatable bonds is 9. The number of aryl methyl sites for hydroxylation is 1. The van der Waals surface area contributed by atoms with Gasteiger partial charge in [-0.15, -0.1) is 22.7 Å². The highest BCUT2D eigenvalue weighted by atomic mass is 32.2. The Morgan fingerprint density at radius 1 is 1.33 bits per heavy atom. The molecule has 0 fully saturated rings. The van der Waals surface area contributed by atoms with Gasteiger partial charge in [-0.25, -0.2) is 4.79 Å². The average Bonchev–Trinajstić information content (AvgIpc) is 3.22. The first-order valence-corrected chi connectivity index (χ1v) is 10.3. The molecular formula is C17H19NO3S3. The summed E-state index contributed by atoms with van der Waals surface area (Å²) in [5.74, 6) is 0.994. The fraction of sp³-hybridized carbons (Fsp3) is 0.294. The molecule has 0 aromatic carbocycles. The van der Waals surface area contributed by atoms with Crippen molar-refractivity contribution in [3.8, 4) is 0 Å². The van der Waals surface area contributed by atoms with Crippen LogP contribution in [0.15, 0.2) is 35.7 Å². The van der Waals surface area contributed by atoms with Gasteiger partial charge in [-0.2, -0.15) is 11.8 Å². The van der Waals surface area contributed by atoms with Crippen molar-refractivity contribution in [2.45, 2.75) is 12.7 Å². The third kappa shape index (κ3) is 7.33. The number of thiophene rings is 2. The zero-order valence-corrected chi connectivity index (χ0v) is 15.8. The van der Waals surface area contributed by atoms with E-state index < -0.39 is 5.97 Å². The summed E-state index contributed by atoms with van der Waals surface area (Å²) in [6.07, 6.45) is 3.04. The third-order valence-electron chi connectivity index (χ3n) is 2.88. The Labute approximate surface area is 153 Å². The van der Waals surface area contributed by atoms with Gasteiger partial charge >= 0.3 is 5.97 Å². The van der Waals surface area contributed by atoms with Crippen LogP contribution in [-0.4, -0.2) is 30.8 Å². The SMILES string of the molecule is Cc1ccc(/C=C/C(=O)OCC(=O)NCCSCc2cccs2)s1. The molecular weight excluding hydrogens is 362 g/mol. The zero-order valence-electron chi connectivity index (χ0n) is 13.3. The molecule has 0 unspecified atom stereocenters. The van der Waals surface area contributed by atoms with E-state index in [9.17, 15) is 9.59 Å². The van der Waals surface area contributed by atoms with Crippen molar-refractivity contribution in [3.63, 3.8) is 0 Å². The molecule has 1 amide bonds. The van der Waals surface area contributed by atoms with E-state index in [1.54, 1.807) is 40.5 Å². The van der Waals surface area contributed by atoms with Crippen LogP contribution in [0.3, 0.4) is 0 Å². The number of hydrogen-bond acceptors (Lipinski definition) is 6. The predicted octanol–water partition coefficient (Wildman–Crippen LogP) is 3.72. The van der Waals surface area contributed by atoms with Crippen molar-refractivity contribution >= 4 is 52.4 Å². The molecule has 24 heavy (non-hydrogen) atoms. The minimum absolute atomic E-state index is 0.248. The fourth-order valence-electron chi connectivity index (χ4n) is 1.76. The molecule has 0 bridgehead atoms. The molecule has 0 atom stereocenters. The van der Waals surface area contributed by atoms with Crippen LogP contribution in [0.2, 0.25) is 0 Å². The predicted molar refractivity (Wildman–Crippen MR) is 103 cm³/mol. The van der Waals surface area contributed by atoms with Crippen LogP contribution in [0.25, 0.3) is 6.08 Å². The van der Waals surface area contributed by atoms with Crippen LogP contribution in [0.4, 0.5) is 0 Å². The van der Waals surface area contributed by atoms with Crippen LogP contribution < -0.4 is 5.32 Å². The van der Waals surface area contributed by atoms with Gasteiger partial charge in [-0.1, -0.05) is 6.07 Å². The molecule has 4 nitrogen and oxygen atoms in total. The summed E-state index contributed by atoms with van der Waals surface area (Å²) in [6, 6.07) is 8.05. The molecule has 2 rings (SSSR count). The minimum Gasteiger partial charge on any atom is -0.452 e. The molecule has 2 aromatic heterocycles. The lowest BCUT2D eigenvalue weighted by Crippen LogP contribution is -2.30. The highest BCUT2D eigenvalue weighted by Gasteiger charge is 2.04. The number of nitrogens with one attached hydrogen (secondary N) is 1. The van der Waals surface area contributed by atoms with E-state index in [0.29, 0.717) is 6.54 Å². The quantitative estimate of drug-likeness (QED) is 0.409. The van der Waals surface area contributed by atoms with Crippen molar-refractivity contribution in [2.75, 3.05) is 18.9 Å². The van der Waals surface area contributed by atoms with Crippen molar-refractivity contribution < 1.29 is 14.3 Å². The summed E-state index contributed by atoms with van der Waals surface area (Å²) in [7, 11) is 0. The van der Waals surface area contributed by atoms with Gasteiger partial charge in [0.15, 0.2) is 6.61 Å². The normalized spacial score (nSPS) is 10.9. The van der Waals surface area contributed by atoms with Crippen molar-refractivity contribution in [2.24, 2.45) is 0 Å². The maximum atomic E-state index is 11.6. The number of esters is 1. The van der Waals surface area contributed by atoms with Gasteiger partial charge in [-0.05, 0) is 36.6 Å². The molecule has 0 aliphatic carbocycles. The molecule has 0 spiro atoms. The molecule has 2 aromatic rings. The fourth-order valence-corrected chi connectivity index (χ4v) is 4.24. The maximum Gasteiger partial charge on any atom is 0.331 e. The van der Waals surface area contributed by atoms with Gasteiger partial charge in [0.1, 0.15) is 0 Å². The number of carbonyl (C=O) groups is 2. The Balaban J connectivity index is 1.54. The Morgan fingerprint density at radius 3 is 2.92 bits per heavy atom. The highest BCUT2D eigenvalue weighted by Crippen LogP contribution is 2.17. The summed E-state index contributed by atoms with van der Waals surface area (Å²) < 4.78 is 4.91. The van der Waals surface area contributed by atoms with Crippen LogP contribution in [-0.2, 0) is 20.1 Å². The third-order valence-corrected chi connectivity index (χ3v) is 5.92. The molecule has 0 aliphatic rings. The number of amides is 1. The van der Waals surface area contributed by atoms with E-state index in [1.807, 2.05) is 25.1 Å². The van der Waals surface area contributed by atoms with Gasteiger partial charge in [0, 0.05) is 38.8 Å². The summed E-state index contributed by atoms with van der Waals surface area (Å²) in [5.41, 5.74) is 0. The lowest BCUT2D eigenvalue weighted by Gasteiger charge is -2.05. The molecule has 0 saturated carbocycles. The molecule has 0 radical (unpaired) electrons. The van der Waals surface area contributed by atoms with Gasteiger partial charge in [-0.3, -0.25) is 4.79 Å². The molecule has 2 heterocycles. The second-order valence-corrected chi connectivity index (χ2v) is 8.33. The first-order chi connectivity index (χ1) is 11.6. The number of hydrogen-bond donors (Lipinski definition) is 1. The topological polar surface area (TPSA) is 55.4 Å². The molecule has 7 heteroatoms. The first-order valence-electron chi connectivity index (χ1n) is 7.41. The van der Waals surface area contributed by atoms with Crippen LogP contribution in [0.5, 0.6) is 0 Å². The summed E-state index contributed by atoms with van der Waals surface area (Å²) in [6.45, 7) is 2.32. The number of ether oxygens (including phenoxy) is 1. The average molecular weight is 382 g/mol. The smallest absolute Gasteiger partial charge is 0.331 e. The van der Waals surface area contributed by atoms with E-state index in [2.05, 4.69) is 16.8 Å². The van der Waals surface area contributed by atoms with Crippen molar-refractivity contribution in [3.05, 3.63) is 50.4 Å². The Morgan fingerprint density at radius 2 is 2.21 bits per heavy atom. The Hall–Kier alpha value is -1.57. The van der Waals surface area contributed by atoms with Crippen molar-refractivity contribution in [1.82, 2.24) is 5.32 Å². The first kappa shape index (κ1) is 18.8. The van der Waals surface area contributed by atoms with E-state index in [1.165, 1.54) is 15.8 Å². The van der Waals surface area contributed by atoms with Gasteiger partial charge in [0.25, 0.3) is 5.91 Å². The Bertz CT molecular complexity index is 677. The summed E-state index contributed by atoms with van der Waals surface area (Å²) in [4.78, 5) is 26.6. The van der Waals surface area contributed by atoms with Crippen LogP contribution in [0.1, 0.15) is 14.6 Å². The number of carbonyl (C=O) groups excluding carboxylic acids is 2. The maximum absolute atomic E-state index is 11.6. The second kappa shape index (κ2) is 10.3. The van der Waals surface area contributed by atoms with E-state index in [0.717, 1.165) is 16.4 Å². The second-order valence-electron chi connectivity index (χ2n) is 4.87. The van der Waals surface area contributed by atoms with Crippen LogP contribution >= 0.6 is 34.4 Å². The van der Waals surface area contributed by atoms with Gasteiger partial charge in [0.2, 0.25) is 0 Å². The van der Waals surface area contributed by atoms with E-state index in [4.69, 9.17) is 4.74 Å². The largest absolute Gasteiger partial charge is 0.452 e. The highest BCUT2D eigenvalue weighted by molar-refractivity contribution is 7.98. The van der Waals surface area contributed by atoms with E-state index in [-0.39, 0.29) is 12.5 Å². The molecule has 0 aliphatic heterocycles. The van der Waals surface area contributed by atoms with E-state index >= 15 is 0 Å². The summed E-state index contributed by atoms with van der Waals surface area (Å²) in [5, 5.41) is 4.80. The minimum atomic E-state index is -0.511. The van der Waals surface area contributed by atoms with Crippen molar-refractivity contribution in [1.29, 1.82) is 0 Å². The lowest BCUT2D eigenvalue weighted by molar-refractivity contribution is -0.143.